The molecular weight excluding hydrogens is 617 g/mol. The zero-order chi connectivity index (χ0) is 33.5. The fraction of sp³-hybridized carbons (Fsp3) is 0. The number of benzene rings is 9. The van der Waals surface area contributed by atoms with Crippen molar-refractivity contribution in [3.8, 4) is 33.5 Å². The Kier molecular flexibility index (Phi) is 5.99. The van der Waals surface area contributed by atoms with Crippen molar-refractivity contribution < 1.29 is 0 Å². The van der Waals surface area contributed by atoms with Gasteiger partial charge in [0.05, 0.1) is 5.69 Å². The highest BCUT2D eigenvalue weighted by molar-refractivity contribution is 6.25. The second-order valence-electron chi connectivity index (χ2n) is 13.6. The zero-order valence-electron chi connectivity index (χ0n) is 27.7. The molecule has 9 aromatic carbocycles. The van der Waals surface area contributed by atoms with Crippen LogP contribution < -0.4 is 0 Å². The molecule has 11 rings (SSSR count). The maximum absolute atomic E-state index is 5.11. The Morgan fingerprint density at radius 2 is 0.804 bits per heavy atom. The molecule has 0 aliphatic heterocycles. The van der Waals surface area contributed by atoms with Crippen LogP contribution in [0.1, 0.15) is 0 Å². The van der Waals surface area contributed by atoms with Crippen LogP contribution in [-0.2, 0) is 0 Å². The molecule has 0 N–H and O–H groups in total. The van der Waals surface area contributed by atoms with Gasteiger partial charge in [-0.15, -0.1) is 0 Å². The maximum atomic E-state index is 5.11. The van der Waals surface area contributed by atoms with Crippen LogP contribution in [-0.4, -0.2) is 9.38 Å². The van der Waals surface area contributed by atoms with E-state index in [4.69, 9.17) is 4.98 Å². The van der Waals surface area contributed by atoms with Gasteiger partial charge in [0.1, 0.15) is 5.65 Å². The van der Waals surface area contributed by atoms with Gasteiger partial charge in [-0.25, -0.2) is 4.98 Å². The van der Waals surface area contributed by atoms with Gasteiger partial charge in [-0.05, 0) is 129 Å². The van der Waals surface area contributed by atoms with E-state index in [-0.39, 0.29) is 0 Å². The fourth-order valence-electron chi connectivity index (χ4n) is 8.39. The van der Waals surface area contributed by atoms with Crippen molar-refractivity contribution in [3.63, 3.8) is 0 Å². The van der Waals surface area contributed by atoms with Gasteiger partial charge in [-0.3, -0.25) is 0 Å². The second kappa shape index (κ2) is 10.9. The van der Waals surface area contributed by atoms with E-state index in [1.807, 2.05) is 6.07 Å². The van der Waals surface area contributed by atoms with E-state index in [1.54, 1.807) is 0 Å². The van der Waals surface area contributed by atoms with Gasteiger partial charge in [-0.1, -0.05) is 127 Å². The van der Waals surface area contributed by atoms with Gasteiger partial charge in [0.2, 0.25) is 0 Å². The SMILES string of the molecule is c1ccc2c(c1)ccc1cc(-c3cc(-c4cn5ccccc5n4)cc(-c4cc5ccc6ccccc6c5c5ccccc45)c3)c3ccccc3c12. The summed E-state index contributed by atoms with van der Waals surface area (Å²) in [5, 5.41) is 15.2. The Bertz CT molecular complexity index is 2990. The molecule has 0 saturated carbocycles. The van der Waals surface area contributed by atoms with Crippen LogP contribution in [0, 0.1) is 0 Å². The molecule has 0 bridgehead atoms. The topological polar surface area (TPSA) is 17.3 Å². The predicted octanol–water partition coefficient (Wildman–Crippen LogP) is 13.3. The van der Waals surface area contributed by atoms with E-state index in [1.165, 1.54) is 86.9 Å². The molecule has 2 nitrogen and oxygen atoms in total. The Morgan fingerprint density at radius 1 is 0.353 bits per heavy atom. The Balaban J connectivity index is 1.24. The molecule has 0 spiro atoms. The fourth-order valence-corrected chi connectivity index (χ4v) is 8.39. The standard InChI is InChI=1S/C49H30N2/c1-3-13-38-31(11-1)20-22-33-28-44(40-15-5-7-17-42(40)48(33)38)35-25-36(27-37(26-35)46-30-51-24-10-9-19-47(51)50-46)45-29-34-23-21-32-12-2-4-14-39(32)49(34)43-18-8-6-16-41(43)45/h1-30H. The summed E-state index contributed by atoms with van der Waals surface area (Å²) in [6.07, 6.45) is 4.21. The van der Waals surface area contributed by atoms with Crippen LogP contribution >= 0.6 is 0 Å². The number of hydrogen-bond donors (Lipinski definition) is 0. The molecule has 0 amide bonds. The smallest absolute Gasteiger partial charge is 0.137 e. The highest BCUT2D eigenvalue weighted by atomic mass is 15.0. The van der Waals surface area contributed by atoms with Crippen LogP contribution in [0.4, 0.5) is 0 Å². The van der Waals surface area contributed by atoms with E-state index < -0.39 is 0 Å². The molecule has 0 atom stereocenters. The van der Waals surface area contributed by atoms with Crippen LogP contribution in [0.25, 0.3) is 104 Å². The summed E-state index contributed by atoms with van der Waals surface area (Å²) in [6.45, 7) is 0. The predicted molar refractivity (Wildman–Crippen MR) is 217 cm³/mol. The summed E-state index contributed by atoms with van der Waals surface area (Å²) in [5.74, 6) is 0. The van der Waals surface area contributed by atoms with Gasteiger partial charge in [0, 0.05) is 18.0 Å². The Morgan fingerprint density at radius 3 is 1.35 bits per heavy atom. The number of fused-ring (bicyclic) bond motifs is 11. The van der Waals surface area contributed by atoms with Gasteiger partial charge >= 0.3 is 0 Å². The molecule has 0 aliphatic carbocycles. The lowest BCUT2D eigenvalue weighted by atomic mass is 9.87. The monoisotopic (exact) mass is 646 g/mol. The molecule has 0 aliphatic rings. The molecule has 11 aromatic rings. The molecule has 2 heteroatoms. The van der Waals surface area contributed by atoms with E-state index >= 15 is 0 Å². The number of pyridine rings is 1. The molecule has 0 unspecified atom stereocenters. The summed E-state index contributed by atoms with van der Waals surface area (Å²) < 4.78 is 2.11. The van der Waals surface area contributed by atoms with Crippen molar-refractivity contribution in [2.75, 3.05) is 0 Å². The Hall–Kier alpha value is -6.77. The van der Waals surface area contributed by atoms with Gasteiger partial charge in [0.25, 0.3) is 0 Å². The molecule has 0 fully saturated rings. The molecule has 0 saturated heterocycles. The third-order valence-electron chi connectivity index (χ3n) is 10.7. The van der Waals surface area contributed by atoms with Crippen LogP contribution in [0.2, 0.25) is 0 Å². The first-order valence-electron chi connectivity index (χ1n) is 17.5. The highest BCUT2D eigenvalue weighted by Gasteiger charge is 2.17. The number of nitrogens with zero attached hydrogens (tertiary/aromatic N) is 2. The van der Waals surface area contributed by atoms with E-state index in [0.29, 0.717) is 0 Å². The molecule has 2 aromatic heterocycles. The van der Waals surface area contributed by atoms with Crippen molar-refractivity contribution in [3.05, 3.63) is 182 Å². The number of hydrogen-bond acceptors (Lipinski definition) is 1. The minimum absolute atomic E-state index is 0.936. The number of imidazole rings is 1. The van der Waals surface area contributed by atoms with E-state index in [9.17, 15) is 0 Å². The summed E-state index contributed by atoms with van der Waals surface area (Å²) in [7, 11) is 0. The second-order valence-corrected chi connectivity index (χ2v) is 13.6. The molecule has 0 radical (unpaired) electrons. The van der Waals surface area contributed by atoms with Crippen LogP contribution in [0.15, 0.2) is 182 Å². The Labute approximate surface area is 294 Å². The summed E-state index contributed by atoms with van der Waals surface area (Å²) >= 11 is 0. The number of rotatable bonds is 3. The lowest BCUT2D eigenvalue weighted by Gasteiger charge is -2.17. The first kappa shape index (κ1) is 28.1. The lowest BCUT2D eigenvalue weighted by molar-refractivity contribution is 1.19. The van der Waals surface area contributed by atoms with Crippen LogP contribution in [0.5, 0.6) is 0 Å². The third-order valence-corrected chi connectivity index (χ3v) is 10.7. The zero-order valence-corrected chi connectivity index (χ0v) is 27.7. The van der Waals surface area contributed by atoms with Gasteiger partial charge in [0.15, 0.2) is 0 Å². The molecular formula is C49H30N2. The normalized spacial score (nSPS) is 11.9. The number of aromatic nitrogens is 2. The highest BCUT2D eigenvalue weighted by Crippen LogP contribution is 2.43. The minimum atomic E-state index is 0.936. The molecule has 2 heterocycles. The summed E-state index contributed by atoms with van der Waals surface area (Å²) in [4.78, 5) is 5.11. The van der Waals surface area contributed by atoms with Crippen molar-refractivity contribution >= 4 is 70.3 Å². The lowest BCUT2D eigenvalue weighted by Crippen LogP contribution is -1.91. The van der Waals surface area contributed by atoms with Gasteiger partial charge in [-0.2, -0.15) is 0 Å². The summed E-state index contributed by atoms with van der Waals surface area (Å²) in [5.41, 5.74) is 7.77. The van der Waals surface area contributed by atoms with Crippen molar-refractivity contribution in [2.45, 2.75) is 0 Å². The molecule has 236 valence electrons. The maximum Gasteiger partial charge on any atom is 0.137 e. The quantitative estimate of drug-likeness (QED) is 0.175. The third kappa shape index (κ3) is 4.33. The average molecular weight is 647 g/mol. The molecule has 51 heavy (non-hydrogen) atoms. The van der Waals surface area contributed by atoms with Crippen molar-refractivity contribution in [1.29, 1.82) is 0 Å². The first-order valence-corrected chi connectivity index (χ1v) is 17.5. The largest absolute Gasteiger partial charge is 0.306 e. The van der Waals surface area contributed by atoms with Crippen molar-refractivity contribution in [2.24, 2.45) is 0 Å². The van der Waals surface area contributed by atoms with E-state index in [2.05, 4.69) is 181 Å². The van der Waals surface area contributed by atoms with Gasteiger partial charge < -0.3 is 4.40 Å². The summed E-state index contributed by atoms with van der Waals surface area (Å²) in [6, 6.07) is 62.3. The van der Waals surface area contributed by atoms with E-state index in [0.717, 1.165) is 16.9 Å². The first-order chi connectivity index (χ1) is 25.3. The average Bonchev–Trinajstić information content (AvgIpc) is 3.64. The van der Waals surface area contributed by atoms with Crippen LogP contribution in [0.3, 0.4) is 0 Å². The van der Waals surface area contributed by atoms with Crippen molar-refractivity contribution in [1.82, 2.24) is 9.38 Å². The minimum Gasteiger partial charge on any atom is -0.306 e.